The molecule has 0 aliphatic heterocycles. The van der Waals surface area contributed by atoms with E-state index in [4.69, 9.17) is 0 Å². The minimum absolute atomic E-state index is 0.0127. The Hall–Kier alpha value is -1.96. The average Bonchev–Trinajstić information content (AvgIpc) is 3.32. The van der Waals surface area contributed by atoms with Crippen molar-refractivity contribution in [3.05, 3.63) is 50.4 Å². The third-order valence-electron chi connectivity index (χ3n) is 4.45. The molecule has 3 rings (SSSR count). The number of halogens is 3. The van der Waals surface area contributed by atoms with Crippen LogP contribution in [0.5, 0.6) is 0 Å². The van der Waals surface area contributed by atoms with Gasteiger partial charge in [0.15, 0.2) is 0 Å². The van der Waals surface area contributed by atoms with Crippen LogP contribution in [-0.2, 0) is 13.2 Å². The van der Waals surface area contributed by atoms with Crippen LogP contribution in [0.2, 0.25) is 0 Å². The van der Waals surface area contributed by atoms with Crippen LogP contribution >= 0.6 is 11.8 Å². The highest BCUT2D eigenvalue weighted by atomic mass is 32.2. The number of rotatable bonds is 4. The summed E-state index contributed by atoms with van der Waals surface area (Å²) in [7, 11) is 1.53. The number of aromatic nitrogens is 2. The standard InChI is InChI=1S/C17H17F3N2O2S/c1-8-10(6-7-11(15(8)25-3)17(18,19)20)14(23)12-13(9-4-5-9)21-22(2)16(12)24/h6-7,9,21H,4-5H2,1-3H3. The Balaban J connectivity index is 2.15. The van der Waals surface area contributed by atoms with Crippen LogP contribution in [0, 0.1) is 6.92 Å². The highest BCUT2D eigenvalue weighted by molar-refractivity contribution is 7.98. The summed E-state index contributed by atoms with van der Waals surface area (Å²) in [5.74, 6) is -0.382. The maximum absolute atomic E-state index is 13.2. The molecule has 1 heterocycles. The normalized spacial score (nSPS) is 14.8. The van der Waals surface area contributed by atoms with Crippen LogP contribution in [-0.4, -0.2) is 21.8 Å². The zero-order chi connectivity index (χ0) is 18.5. The number of benzene rings is 1. The molecule has 1 aromatic carbocycles. The molecule has 1 N–H and O–H groups in total. The first kappa shape index (κ1) is 17.8. The van der Waals surface area contributed by atoms with Gasteiger partial charge in [0.25, 0.3) is 5.56 Å². The Bertz CT molecular complexity index is 908. The molecule has 1 aliphatic carbocycles. The number of nitrogens with zero attached hydrogens (tertiary/aromatic N) is 1. The number of nitrogens with one attached hydrogen (secondary N) is 1. The van der Waals surface area contributed by atoms with Crippen LogP contribution in [0.4, 0.5) is 13.2 Å². The first-order valence-corrected chi connectivity index (χ1v) is 8.97. The lowest BCUT2D eigenvalue weighted by atomic mass is 9.96. The number of aryl methyl sites for hydroxylation is 1. The van der Waals surface area contributed by atoms with Gasteiger partial charge in [-0.05, 0) is 37.7 Å². The Labute approximate surface area is 146 Å². The molecule has 0 saturated heterocycles. The summed E-state index contributed by atoms with van der Waals surface area (Å²) >= 11 is 0.945. The first-order valence-electron chi connectivity index (χ1n) is 7.75. The van der Waals surface area contributed by atoms with Gasteiger partial charge in [-0.25, -0.2) is 0 Å². The molecule has 2 aromatic rings. The van der Waals surface area contributed by atoms with Crippen molar-refractivity contribution in [1.29, 1.82) is 0 Å². The number of carbonyl (C=O) groups excluding carboxylic acids is 1. The number of ketones is 1. The number of hydrogen-bond donors (Lipinski definition) is 1. The summed E-state index contributed by atoms with van der Waals surface area (Å²) in [6.45, 7) is 1.49. The third kappa shape index (κ3) is 3.03. The van der Waals surface area contributed by atoms with Crippen molar-refractivity contribution in [2.75, 3.05) is 6.26 Å². The second-order valence-corrected chi connectivity index (χ2v) is 7.00. The van der Waals surface area contributed by atoms with Gasteiger partial charge in [-0.1, -0.05) is 6.07 Å². The lowest BCUT2D eigenvalue weighted by Crippen LogP contribution is -2.21. The predicted molar refractivity (Wildman–Crippen MR) is 89.4 cm³/mol. The van der Waals surface area contributed by atoms with E-state index in [0.29, 0.717) is 5.69 Å². The number of H-pyrrole nitrogens is 1. The summed E-state index contributed by atoms with van der Waals surface area (Å²) in [4.78, 5) is 25.3. The SMILES string of the molecule is CSc1c(C(F)(F)F)ccc(C(=O)c2c(C3CC3)[nH]n(C)c2=O)c1C. The molecule has 134 valence electrons. The molecule has 0 radical (unpaired) electrons. The second-order valence-electron chi connectivity index (χ2n) is 6.18. The van der Waals surface area contributed by atoms with E-state index in [-0.39, 0.29) is 27.5 Å². The van der Waals surface area contributed by atoms with E-state index >= 15 is 0 Å². The molecule has 1 aromatic heterocycles. The van der Waals surface area contributed by atoms with Crippen molar-refractivity contribution in [2.45, 2.75) is 36.8 Å². The van der Waals surface area contributed by atoms with E-state index in [9.17, 15) is 22.8 Å². The minimum atomic E-state index is -4.49. The number of thioether (sulfide) groups is 1. The van der Waals surface area contributed by atoms with E-state index in [1.54, 1.807) is 0 Å². The largest absolute Gasteiger partial charge is 0.417 e. The van der Waals surface area contributed by atoms with Crippen LogP contribution in [0.3, 0.4) is 0 Å². The molecular weight excluding hydrogens is 353 g/mol. The van der Waals surface area contributed by atoms with Gasteiger partial charge in [0.1, 0.15) is 5.56 Å². The summed E-state index contributed by atoms with van der Waals surface area (Å²) < 4.78 is 40.7. The van der Waals surface area contributed by atoms with Gasteiger partial charge in [0.2, 0.25) is 5.78 Å². The topological polar surface area (TPSA) is 54.9 Å². The fourth-order valence-corrected chi connectivity index (χ4v) is 3.84. The van der Waals surface area contributed by atoms with Crippen LogP contribution in [0.1, 0.15) is 51.5 Å². The second kappa shape index (κ2) is 6.09. The monoisotopic (exact) mass is 370 g/mol. The van der Waals surface area contributed by atoms with Crippen molar-refractivity contribution in [3.8, 4) is 0 Å². The summed E-state index contributed by atoms with van der Waals surface area (Å²) in [6.07, 6.45) is -1.17. The fourth-order valence-electron chi connectivity index (χ4n) is 3.02. The van der Waals surface area contributed by atoms with Crippen molar-refractivity contribution < 1.29 is 18.0 Å². The van der Waals surface area contributed by atoms with Crippen molar-refractivity contribution >= 4 is 17.5 Å². The smallest absolute Gasteiger partial charge is 0.299 e. The minimum Gasteiger partial charge on any atom is -0.299 e. The summed E-state index contributed by atoms with van der Waals surface area (Å²) in [6, 6.07) is 2.09. The van der Waals surface area contributed by atoms with Gasteiger partial charge < -0.3 is 0 Å². The Morgan fingerprint density at radius 1 is 1.32 bits per heavy atom. The number of hydrogen-bond acceptors (Lipinski definition) is 3. The van der Waals surface area contributed by atoms with Crippen LogP contribution < -0.4 is 5.56 Å². The molecule has 25 heavy (non-hydrogen) atoms. The van der Waals surface area contributed by atoms with E-state index in [1.165, 1.54) is 31.0 Å². The molecule has 1 fully saturated rings. The summed E-state index contributed by atoms with van der Waals surface area (Å²) in [5.41, 5.74) is -0.203. The molecule has 8 heteroatoms. The molecule has 0 amide bonds. The van der Waals surface area contributed by atoms with E-state index in [2.05, 4.69) is 5.10 Å². The Morgan fingerprint density at radius 3 is 2.48 bits per heavy atom. The zero-order valence-electron chi connectivity index (χ0n) is 14.0. The van der Waals surface area contributed by atoms with Crippen LogP contribution in [0.15, 0.2) is 21.8 Å². The molecule has 0 bridgehead atoms. The van der Waals surface area contributed by atoms with Gasteiger partial charge in [0, 0.05) is 23.4 Å². The quantitative estimate of drug-likeness (QED) is 0.657. The molecule has 4 nitrogen and oxygen atoms in total. The molecule has 1 aliphatic rings. The van der Waals surface area contributed by atoms with Crippen molar-refractivity contribution in [1.82, 2.24) is 9.78 Å². The molecule has 1 saturated carbocycles. The van der Waals surface area contributed by atoms with Crippen molar-refractivity contribution in [2.24, 2.45) is 7.05 Å². The lowest BCUT2D eigenvalue weighted by Gasteiger charge is -2.16. The van der Waals surface area contributed by atoms with E-state index in [1.807, 2.05) is 0 Å². The van der Waals surface area contributed by atoms with E-state index in [0.717, 1.165) is 30.7 Å². The van der Waals surface area contributed by atoms with Gasteiger partial charge in [0.05, 0.1) is 11.3 Å². The lowest BCUT2D eigenvalue weighted by molar-refractivity contribution is -0.139. The van der Waals surface area contributed by atoms with Gasteiger partial charge in [-0.3, -0.25) is 19.4 Å². The Kier molecular flexibility index (Phi) is 4.35. The maximum atomic E-state index is 13.2. The van der Waals surface area contributed by atoms with Gasteiger partial charge >= 0.3 is 6.18 Å². The average molecular weight is 370 g/mol. The number of carbonyl (C=O) groups is 1. The zero-order valence-corrected chi connectivity index (χ0v) is 14.8. The summed E-state index contributed by atoms with van der Waals surface area (Å²) in [5, 5.41) is 2.91. The molecular formula is C17H17F3N2O2S. The van der Waals surface area contributed by atoms with Gasteiger partial charge in [-0.2, -0.15) is 13.2 Å². The number of alkyl halides is 3. The van der Waals surface area contributed by atoms with Gasteiger partial charge in [-0.15, -0.1) is 11.8 Å². The first-order chi connectivity index (χ1) is 11.7. The van der Waals surface area contributed by atoms with Crippen LogP contribution in [0.25, 0.3) is 0 Å². The third-order valence-corrected chi connectivity index (χ3v) is 5.38. The highest BCUT2D eigenvalue weighted by Crippen LogP contribution is 2.42. The molecule has 0 atom stereocenters. The fraction of sp³-hybridized carbons (Fsp3) is 0.412. The predicted octanol–water partition coefficient (Wildman–Crippen LogP) is 3.87. The highest BCUT2D eigenvalue weighted by Gasteiger charge is 2.37. The maximum Gasteiger partial charge on any atom is 0.417 e. The Morgan fingerprint density at radius 2 is 1.96 bits per heavy atom. The number of aromatic amines is 1. The van der Waals surface area contributed by atoms with E-state index < -0.39 is 23.1 Å². The molecule has 0 spiro atoms. The van der Waals surface area contributed by atoms with Crippen molar-refractivity contribution in [3.63, 3.8) is 0 Å². The molecule has 0 unspecified atom stereocenters.